The monoisotopic (exact) mass is 358 g/mol. The number of amides is 1. The summed E-state index contributed by atoms with van der Waals surface area (Å²) in [5.41, 5.74) is 2.59. The molecule has 1 aromatic carbocycles. The van der Waals surface area contributed by atoms with Crippen LogP contribution in [0.3, 0.4) is 0 Å². The zero-order valence-electron chi connectivity index (χ0n) is 14.0. The van der Waals surface area contributed by atoms with Gasteiger partial charge >= 0.3 is 0 Å². The third-order valence-electron chi connectivity index (χ3n) is 4.84. The van der Waals surface area contributed by atoms with Crippen molar-refractivity contribution in [1.29, 1.82) is 0 Å². The van der Waals surface area contributed by atoms with Crippen molar-refractivity contribution in [2.75, 3.05) is 18.0 Å². The predicted molar refractivity (Wildman–Crippen MR) is 96.1 cm³/mol. The van der Waals surface area contributed by atoms with Crippen molar-refractivity contribution in [3.05, 3.63) is 56.2 Å². The maximum absolute atomic E-state index is 12.8. The fraction of sp³-hybridized carbons (Fsp3) is 0.389. The van der Waals surface area contributed by atoms with Crippen LogP contribution in [0.2, 0.25) is 5.02 Å². The lowest BCUT2D eigenvalue weighted by Gasteiger charge is -2.20. The number of fused-ring (bicyclic) bond motifs is 1. The lowest BCUT2D eigenvalue weighted by molar-refractivity contribution is 0.0750. The molecule has 0 bridgehead atoms. The number of aromatic nitrogens is 2. The summed E-state index contributed by atoms with van der Waals surface area (Å²) < 4.78 is 0. The van der Waals surface area contributed by atoms with E-state index in [2.05, 4.69) is 14.9 Å². The second kappa shape index (κ2) is 6.19. The minimum atomic E-state index is -0.166. The van der Waals surface area contributed by atoms with Crippen LogP contribution in [-0.4, -0.2) is 33.9 Å². The van der Waals surface area contributed by atoms with Gasteiger partial charge in [-0.15, -0.1) is 0 Å². The van der Waals surface area contributed by atoms with Gasteiger partial charge in [0.25, 0.3) is 11.5 Å². The van der Waals surface area contributed by atoms with Crippen molar-refractivity contribution >= 4 is 23.2 Å². The van der Waals surface area contributed by atoms with E-state index < -0.39 is 0 Å². The van der Waals surface area contributed by atoms with Crippen LogP contribution in [0.15, 0.2) is 23.0 Å². The molecular weight excluding hydrogens is 340 g/mol. The zero-order valence-corrected chi connectivity index (χ0v) is 14.8. The number of nitrogens with one attached hydrogen (secondary N) is 1. The van der Waals surface area contributed by atoms with Crippen LogP contribution in [-0.2, 0) is 13.1 Å². The number of anilines is 1. The van der Waals surface area contributed by atoms with Crippen molar-refractivity contribution in [2.24, 2.45) is 0 Å². The van der Waals surface area contributed by atoms with Gasteiger partial charge in [0.15, 0.2) is 0 Å². The third-order valence-corrected chi connectivity index (χ3v) is 5.14. The number of halogens is 1. The van der Waals surface area contributed by atoms with Gasteiger partial charge in [-0.2, -0.15) is 0 Å². The predicted octanol–water partition coefficient (Wildman–Crippen LogP) is 2.49. The van der Waals surface area contributed by atoms with Gasteiger partial charge in [0, 0.05) is 18.7 Å². The number of benzene rings is 1. The van der Waals surface area contributed by atoms with Crippen molar-refractivity contribution in [3.8, 4) is 0 Å². The number of hydrogen-bond acceptors (Lipinski definition) is 4. The highest BCUT2D eigenvalue weighted by Crippen LogP contribution is 2.30. The maximum atomic E-state index is 12.8. The number of rotatable bonds is 2. The molecule has 0 atom stereocenters. The first-order chi connectivity index (χ1) is 12.0. The van der Waals surface area contributed by atoms with E-state index in [0.29, 0.717) is 34.2 Å². The molecule has 1 fully saturated rings. The Hall–Kier alpha value is -2.34. The summed E-state index contributed by atoms with van der Waals surface area (Å²) in [4.78, 5) is 35.7. The highest BCUT2D eigenvalue weighted by atomic mass is 35.5. The summed E-state index contributed by atoms with van der Waals surface area (Å²) in [7, 11) is 0. The first kappa shape index (κ1) is 16.1. The van der Waals surface area contributed by atoms with Gasteiger partial charge in [0.1, 0.15) is 5.82 Å². The summed E-state index contributed by atoms with van der Waals surface area (Å²) in [6, 6.07) is 5.45. The lowest BCUT2D eigenvalue weighted by atomic mass is 10.1. The second-order valence-corrected chi connectivity index (χ2v) is 7.01. The molecule has 0 radical (unpaired) electrons. The minimum absolute atomic E-state index is 0.134. The van der Waals surface area contributed by atoms with E-state index in [1.54, 1.807) is 17.9 Å². The van der Waals surface area contributed by atoms with E-state index in [4.69, 9.17) is 11.6 Å². The molecule has 1 amide bonds. The smallest absolute Gasteiger partial charge is 0.256 e. The highest BCUT2D eigenvalue weighted by Gasteiger charge is 2.28. The Kier molecular flexibility index (Phi) is 4.00. The van der Waals surface area contributed by atoms with Crippen molar-refractivity contribution in [1.82, 2.24) is 14.9 Å². The molecule has 4 rings (SSSR count). The molecule has 1 saturated heterocycles. The summed E-state index contributed by atoms with van der Waals surface area (Å²) in [5.74, 6) is 0.431. The molecule has 7 heteroatoms. The molecule has 130 valence electrons. The zero-order chi connectivity index (χ0) is 17.6. The first-order valence-corrected chi connectivity index (χ1v) is 8.83. The Morgan fingerprint density at radius 3 is 2.72 bits per heavy atom. The number of aromatic amines is 1. The molecule has 2 aliphatic rings. The number of aryl methyl sites for hydroxylation is 1. The van der Waals surface area contributed by atoms with Crippen LogP contribution in [0.4, 0.5) is 5.69 Å². The van der Waals surface area contributed by atoms with Gasteiger partial charge in [0.05, 0.1) is 35.1 Å². The van der Waals surface area contributed by atoms with E-state index >= 15 is 0 Å². The molecule has 6 nitrogen and oxygen atoms in total. The van der Waals surface area contributed by atoms with Gasteiger partial charge < -0.3 is 14.8 Å². The average Bonchev–Trinajstić information content (AvgIpc) is 3.23. The van der Waals surface area contributed by atoms with E-state index in [9.17, 15) is 9.59 Å². The maximum Gasteiger partial charge on any atom is 0.256 e. The van der Waals surface area contributed by atoms with Crippen LogP contribution in [0.25, 0.3) is 0 Å². The topological polar surface area (TPSA) is 69.3 Å². The molecule has 0 aliphatic carbocycles. The molecule has 2 aromatic rings. The van der Waals surface area contributed by atoms with Crippen LogP contribution < -0.4 is 10.5 Å². The average molecular weight is 359 g/mol. The van der Waals surface area contributed by atoms with E-state index in [1.807, 2.05) is 12.1 Å². The van der Waals surface area contributed by atoms with Crippen molar-refractivity contribution in [3.63, 3.8) is 0 Å². The van der Waals surface area contributed by atoms with Crippen LogP contribution >= 0.6 is 11.6 Å². The fourth-order valence-corrected chi connectivity index (χ4v) is 3.87. The normalized spacial score (nSPS) is 16.4. The molecule has 0 spiro atoms. The fourth-order valence-electron chi connectivity index (χ4n) is 3.57. The van der Waals surface area contributed by atoms with E-state index in [1.165, 1.54) is 12.8 Å². The quantitative estimate of drug-likeness (QED) is 0.895. The highest BCUT2D eigenvalue weighted by molar-refractivity contribution is 6.33. The molecule has 1 N–H and O–H groups in total. The largest absolute Gasteiger partial charge is 0.370 e. The van der Waals surface area contributed by atoms with Gasteiger partial charge in [-0.1, -0.05) is 11.6 Å². The third kappa shape index (κ3) is 2.91. The van der Waals surface area contributed by atoms with Crippen LogP contribution in [0, 0.1) is 6.92 Å². The van der Waals surface area contributed by atoms with Crippen LogP contribution in [0.5, 0.6) is 0 Å². The SMILES string of the molecule is Cc1nc2c(c(=O)[nH]1)CN(C(=O)c1ccc(N3CCCC3)c(Cl)c1)C2. The molecular formula is C18H19ClN4O2. The molecule has 1 aromatic heterocycles. The Balaban J connectivity index is 1.57. The summed E-state index contributed by atoms with van der Waals surface area (Å²) in [6.07, 6.45) is 2.34. The number of nitrogens with zero attached hydrogens (tertiary/aromatic N) is 3. The lowest BCUT2D eigenvalue weighted by Crippen LogP contribution is -2.26. The van der Waals surface area contributed by atoms with Gasteiger partial charge in [0.2, 0.25) is 0 Å². The Bertz CT molecular complexity index is 902. The van der Waals surface area contributed by atoms with Crippen molar-refractivity contribution < 1.29 is 4.79 Å². The molecule has 2 aliphatic heterocycles. The van der Waals surface area contributed by atoms with Gasteiger partial charge in [-0.3, -0.25) is 9.59 Å². The standard InChI is InChI=1S/C18H19ClN4O2/c1-11-20-15-10-23(9-13(15)17(24)21-11)18(25)12-4-5-16(14(19)8-12)22-6-2-3-7-22/h4-5,8H,2-3,6-7,9-10H2,1H3,(H,20,21,24). The van der Waals surface area contributed by atoms with Gasteiger partial charge in [-0.25, -0.2) is 4.98 Å². The summed E-state index contributed by atoms with van der Waals surface area (Å²) in [5, 5.41) is 0.594. The summed E-state index contributed by atoms with van der Waals surface area (Å²) in [6.45, 7) is 4.38. The Morgan fingerprint density at radius 1 is 1.24 bits per heavy atom. The first-order valence-electron chi connectivity index (χ1n) is 8.45. The molecule has 0 saturated carbocycles. The number of carbonyl (C=O) groups is 1. The Labute approximate surface area is 150 Å². The molecule has 3 heterocycles. The van der Waals surface area contributed by atoms with E-state index in [-0.39, 0.29) is 18.0 Å². The van der Waals surface area contributed by atoms with Crippen LogP contribution in [0.1, 0.15) is 40.3 Å². The molecule has 0 unspecified atom stereocenters. The minimum Gasteiger partial charge on any atom is -0.370 e. The second-order valence-electron chi connectivity index (χ2n) is 6.60. The summed E-state index contributed by atoms with van der Waals surface area (Å²) >= 11 is 6.42. The molecule has 25 heavy (non-hydrogen) atoms. The number of H-pyrrole nitrogens is 1. The van der Waals surface area contributed by atoms with Gasteiger partial charge in [-0.05, 0) is 38.0 Å². The van der Waals surface area contributed by atoms with E-state index in [0.717, 1.165) is 18.8 Å². The number of carbonyl (C=O) groups excluding carboxylic acids is 1. The number of hydrogen-bond donors (Lipinski definition) is 1. The van der Waals surface area contributed by atoms with Crippen molar-refractivity contribution in [2.45, 2.75) is 32.9 Å². The Morgan fingerprint density at radius 2 is 2.00 bits per heavy atom.